The Balaban J connectivity index is 2.56. The van der Waals surface area contributed by atoms with Crippen molar-refractivity contribution in [1.29, 1.82) is 0 Å². The van der Waals surface area contributed by atoms with Gasteiger partial charge >= 0.3 is 0 Å². The largest absolute Gasteiger partial charge is 0.250 e. The molecule has 0 aromatic carbocycles. The Morgan fingerprint density at radius 2 is 2.29 bits per heavy atom. The van der Waals surface area contributed by atoms with Crippen LogP contribution in [0.1, 0.15) is 32.5 Å². The molecule has 4 heteroatoms. The molecular weight excluding hydrogens is 242 g/mol. The van der Waals surface area contributed by atoms with Crippen molar-refractivity contribution in [1.82, 2.24) is 14.8 Å². The highest BCUT2D eigenvalue weighted by molar-refractivity contribution is 9.09. The lowest BCUT2D eigenvalue weighted by Gasteiger charge is -2.12. The van der Waals surface area contributed by atoms with Crippen LogP contribution in [0.5, 0.6) is 0 Å². The molecule has 0 spiro atoms. The van der Waals surface area contributed by atoms with Crippen LogP contribution in [-0.4, -0.2) is 20.1 Å². The predicted molar refractivity (Wildman–Crippen MR) is 61.6 cm³/mol. The average Bonchev–Trinajstić information content (AvgIpc) is 2.64. The van der Waals surface area contributed by atoms with Crippen LogP contribution in [0.15, 0.2) is 6.33 Å². The monoisotopic (exact) mass is 259 g/mol. The fourth-order valence-electron chi connectivity index (χ4n) is 1.61. The number of nitrogens with zero attached hydrogens (tertiary/aromatic N) is 3. The summed E-state index contributed by atoms with van der Waals surface area (Å²) in [5.41, 5.74) is 0. The molecule has 1 aromatic rings. The van der Waals surface area contributed by atoms with Crippen molar-refractivity contribution < 1.29 is 0 Å². The third-order valence-electron chi connectivity index (χ3n) is 2.38. The summed E-state index contributed by atoms with van der Waals surface area (Å²) < 4.78 is 1.98. The first kappa shape index (κ1) is 11.7. The van der Waals surface area contributed by atoms with E-state index in [0.29, 0.717) is 5.92 Å². The summed E-state index contributed by atoms with van der Waals surface area (Å²) >= 11 is 3.55. The Morgan fingerprint density at radius 1 is 1.50 bits per heavy atom. The van der Waals surface area contributed by atoms with Crippen molar-refractivity contribution in [3.8, 4) is 0 Å². The minimum absolute atomic E-state index is 0.689. The van der Waals surface area contributed by atoms with E-state index in [0.717, 1.165) is 24.1 Å². The van der Waals surface area contributed by atoms with Gasteiger partial charge in [0, 0.05) is 18.3 Å². The van der Waals surface area contributed by atoms with Crippen LogP contribution in [0, 0.1) is 5.92 Å². The van der Waals surface area contributed by atoms with Gasteiger partial charge in [0.2, 0.25) is 0 Å². The first-order chi connectivity index (χ1) is 6.81. The van der Waals surface area contributed by atoms with Gasteiger partial charge in [0.15, 0.2) is 0 Å². The van der Waals surface area contributed by atoms with E-state index in [1.165, 1.54) is 12.8 Å². The van der Waals surface area contributed by atoms with Crippen LogP contribution >= 0.6 is 15.9 Å². The zero-order valence-corrected chi connectivity index (χ0v) is 10.5. The highest BCUT2D eigenvalue weighted by atomic mass is 79.9. The van der Waals surface area contributed by atoms with Gasteiger partial charge in [0.25, 0.3) is 0 Å². The molecule has 1 aromatic heterocycles. The maximum absolute atomic E-state index is 4.29. The van der Waals surface area contributed by atoms with Crippen LogP contribution in [0.25, 0.3) is 0 Å². The lowest BCUT2D eigenvalue weighted by molar-refractivity contribution is 0.494. The van der Waals surface area contributed by atoms with Crippen LogP contribution in [0.4, 0.5) is 0 Å². The first-order valence-electron chi connectivity index (χ1n) is 5.24. The number of halogens is 1. The summed E-state index contributed by atoms with van der Waals surface area (Å²) in [6.45, 7) is 5.23. The van der Waals surface area contributed by atoms with Crippen molar-refractivity contribution >= 4 is 15.9 Å². The van der Waals surface area contributed by atoms with Crippen LogP contribution in [0.2, 0.25) is 0 Å². The summed E-state index contributed by atoms with van der Waals surface area (Å²) in [5, 5.41) is 5.23. The average molecular weight is 260 g/mol. The summed E-state index contributed by atoms with van der Waals surface area (Å²) in [7, 11) is 0. The second-order valence-electron chi connectivity index (χ2n) is 3.51. The van der Waals surface area contributed by atoms with Crippen molar-refractivity contribution in [3.63, 3.8) is 0 Å². The van der Waals surface area contributed by atoms with Gasteiger partial charge in [-0.3, -0.25) is 4.68 Å². The van der Waals surface area contributed by atoms with Gasteiger partial charge in [-0.1, -0.05) is 29.3 Å². The number of hydrogen-bond acceptors (Lipinski definition) is 2. The fourth-order valence-corrected chi connectivity index (χ4v) is 2.16. The maximum Gasteiger partial charge on any atom is 0.138 e. The van der Waals surface area contributed by atoms with E-state index in [9.17, 15) is 0 Å². The molecule has 1 rings (SSSR count). The third-order valence-corrected chi connectivity index (χ3v) is 3.30. The molecule has 0 aliphatic heterocycles. The van der Waals surface area contributed by atoms with E-state index in [-0.39, 0.29) is 0 Å². The van der Waals surface area contributed by atoms with E-state index < -0.39 is 0 Å². The van der Waals surface area contributed by atoms with E-state index in [4.69, 9.17) is 0 Å². The lowest BCUT2D eigenvalue weighted by atomic mass is 10.0. The third kappa shape index (κ3) is 3.08. The number of alkyl halides is 1. The van der Waals surface area contributed by atoms with Crippen molar-refractivity contribution in [2.24, 2.45) is 5.92 Å². The second kappa shape index (κ2) is 6.17. The Hall–Kier alpha value is -0.380. The SMILES string of the molecule is CCCC(CBr)Cc1ncnn1CC. The molecule has 14 heavy (non-hydrogen) atoms. The maximum atomic E-state index is 4.29. The van der Waals surface area contributed by atoms with Crippen LogP contribution in [-0.2, 0) is 13.0 Å². The Morgan fingerprint density at radius 3 is 2.86 bits per heavy atom. The summed E-state index contributed by atoms with van der Waals surface area (Å²) in [6, 6.07) is 0. The molecule has 0 amide bonds. The van der Waals surface area contributed by atoms with Gasteiger partial charge in [0.05, 0.1) is 0 Å². The molecule has 0 N–H and O–H groups in total. The zero-order chi connectivity index (χ0) is 10.4. The van der Waals surface area contributed by atoms with Gasteiger partial charge in [0.1, 0.15) is 12.2 Å². The quantitative estimate of drug-likeness (QED) is 0.736. The number of aryl methyl sites for hydroxylation is 1. The Kier molecular flexibility index (Phi) is 5.15. The topological polar surface area (TPSA) is 30.7 Å². The minimum Gasteiger partial charge on any atom is -0.250 e. The summed E-state index contributed by atoms with van der Waals surface area (Å²) in [4.78, 5) is 4.29. The predicted octanol–water partition coefficient (Wildman–Crippen LogP) is 2.65. The van der Waals surface area contributed by atoms with Gasteiger partial charge < -0.3 is 0 Å². The lowest BCUT2D eigenvalue weighted by Crippen LogP contribution is -2.12. The molecule has 0 fully saturated rings. The molecular formula is C10H18BrN3. The van der Waals surface area contributed by atoms with Gasteiger partial charge in [-0.2, -0.15) is 5.10 Å². The van der Waals surface area contributed by atoms with E-state index in [2.05, 4.69) is 39.9 Å². The molecule has 0 bridgehead atoms. The minimum atomic E-state index is 0.689. The highest BCUT2D eigenvalue weighted by Gasteiger charge is 2.11. The fraction of sp³-hybridized carbons (Fsp3) is 0.800. The zero-order valence-electron chi connectivity index (χ0n) is 8.91. The van der Waals surface area contributed by atoms with Crippen LogP contribution in [0.3, 0.4) is 0 Å². The molecule has 3 nitrogen and oxygen atoms in total. The molecule has 0 saturated heterocycles. The Bertz CT molecular complexity index is 260. The molecule has 0 aliphatic rings. The highest BCUT2D eigenvalue weighted by Crippen LogP contribution is 2.14. The smallest absolute Gasteiger partial charge is 0.138 e. The number of hydrogen-bond donors (Lipinski definition) is 0. The van der Waals surface area contributed by atoms with Gasteiger partial charge in [-0.05, 0) is 19.3 Å². The van der Waals surface area contributed by atoms with Gasteiger partial charge in [-0.25, -0.2) is 4.98 Å². The molecule has 1 heterocycles. The van der Waals surface area contributed by atoms with Crippen molar-refractivity contribution in [3.05, 3.63) is 12.2 Å². The molecule has 1 unspecified atom stereocenters. The van der Waals surface area contributed by atoms with E-state index in [1.54, 1.807) is 6.33 Å². The summed E-state index contributed by atoms with van der Waals surface area (Å²) in [6.07, 6.45) is 5.17. The van der Waals surface area contributed by atoms with E-state index in [1.807, 2.05) is 4.68 Å². The normalized spacial score (nSPS) is 13.1. The molecule has 0 aliphatic carbocycles. The number of aromatic nitrogens is 3. The summed E-state index contributed by atoms with van der Waals surface area (Å²) in [5.74, 6) is 1.81. The molecule has 0 saturated carbocycles. The van der Waals surface area contributed by atoms with Crippen molar-refractivity contribution in [2.75, 3.05) is 5.33 Å². The van der Waals surface area contributed by atoms with Crippen LogP contribution < -0.4 is 0 Å². The van der Waals surface area contributed by atoms with Crippen molar-refractivity contribution in [2.45, 2.75) is 39.7 Å². The second-order valence-corrected chi connectivity index (χ2v) is 4.15. The molecule has 80 valence electrons. The van der Waals surface area contributed by atoms with Gasteiger partial charge in [-0.15, -0.1) is 0 Å². The van der Waals surface area contributed by atoms with E-state index >= 15 is 0 Å². The molecule has 0 radical (unpaired) electrons. The molecule has 1 atom stereocenters. The number of rotatable bonds is 6. The Labute approximate surface area is 94.0 Å². The first-order valence-corrected chi connectivity index (χ1v) is 6.36. The standard InChI is InChI=1S/C10H18BrN3/c1-3-5-9(7-11)6-10-12-8-13-14(10)4-2/h8-9H,3-7H2,1-2H3.